The van der Waals surface area contributed by atoms with Crippen molar-refractivity contribution in [2.75, 3.05) is 37.7 Å². The first kappa shape index (κ1) is 39.3. The third kappa shape index (κ3) is 12.7. The van der Waals surface area contributed by atoms with Gasteiger partial charge in [-0.2, -0.15) is 38.1 Å². The predicted molar refractivity (Wildman–Crippen MR) is 167 cm³/mol. The molecule has 2 atom stereocenters. The molecule has 0 saturated carbocycles. The number of hydrogen-bond acceptors (Lipinski definition) is 9. The summed E-state index contributed by atoms with van der Waals surface area (Å²) in [6.07, 6.45) is -8.33. The average molecular weight is 721 g/mol. The highest BCUT2D eigenvalue weighted by Crippen LogP contribution is 2.26. The first-order valence-corrected chi connectivity index (χ1v) is 16.1. The standard InChI is InChI=1S/C29H33F3N4O5S.C2HF3O2/c30-29(31,32)25(37)19-42-16-6-9-22(33-13-15-35-14-12-21(17-35)20-7-2-1-3-8-20)27(39)34-26(38)18-36-23-10-4-5-11-24(23)41-28(36)40;3-2(4,5)1(6)7/h1-5,7-8,10-11,21-22,33H,6,9,12-19H2,(H,34,38,39);(H,6,7)/t21?,22-;/m0./s1. The van der Waals surface area contributed by atoms with Crippen molar-refractivity contribution in [3.8, 4) is 0 Å². The fraction of sp³-hybridized carbons (Fsp3) is 0.452. The number of carboxylic acids is 1. The maximum atomic E-state index is 13.1. The van der Waals surface area contributed by atoms with E-state index in [-0.39, 0.29) is 12.2 Å². The van der Waals surface area contributed by atoms with Gasteiger partial charge in [0.15, 0.2) is 5.58 Å². The number of carbonyl (C=O) groups excluding carboxylic acids is 3. The number of benzene rings is 2. The largest absolute Gasteiger partial charge is 0.490 e. The van der Waals surface area contributed by atoms with Gasteiger partial charge in [0.2, 0.25) is 17.6 Å². The quantitative estimate of drug-likeness (QED) is 0.165. The van der Waals surface area contributed by atoms with Crippen LogP contribution in [0.2, 0.25) is 0 Å². The minimum Gasteiger partial charge on any atom is -0.475 e. The number of aromatic nitrogens is 1. The van der Waals surface area contributed by atoms with Crippen LogP contribution in [0.4, 0.5) is 26.3 Å². The van der Waals surface area contributed by atoms with Gasteiger partial charge >= 0.3 is 24.1 Å². The second-order valence-electron chi connectivity index (χ2n) is 11.0. The summed E-state index contributed by atoms with van der Waals surface area (Å²) < 4.78 is 75.4. The number of alkyl halides is 6. The monoisotopic (exact) mass is 720 g/mol. The minimum atomic E-state index is -5.08. The van der Waals surface area contributed by atoms with Gasteiger partial charge in [0.25, 0.3) is 0 Å². The number of hydrogen-bond donors (Lipinski definition) is 3. The molecule has 11 nitrogen and oxygen atoms in total. The van der Waals surface area contributed by atoms with Crippen LogP contribution >= 0.6 is 11.8 Å². The Morgan fingerprint density at radius 2 is 1.63 bits per heavy atom. The number of imide groups is 1. The van der Waals surface area contributed by atoms with Crippen LogP contribution in [0, 0.1) is 0 Å². The lowest BCUT2D eigenvalue weighted by Crippen LogP contribution is -2.49. The van der Waals surface area contributed by atoms with Crippen LogP contribution in [0.1, 0.15) is 30.7 Å². The number of nitrogens with zero attached hydrogens (tertiary/aromatic N) is 2. The lowest BCUT2D eigenvalue weighted by Gasteiger charge is -2.21. The molecule has 4 rings (SSSR count). The lowest BCUT2D eigenvalue weighted by atomic mass is 9.99. The van der Waals surface area contributed by atoms with Crippen LogP contribution in [0.3, 0.4) is 0 Å². The number of nitrogens with one attached hydrogen (secondary N) is 2. The number of rotatable bonds is 14. The fourth-order valence-corrected chi connectivity index (χ4v) is 5.83. The van der Waals surface area contributed by atoms with E-state index in [1.54, 1.807) is 24.3 Å². The lowest BCUT2D eigenvalue weighted by molar-refractivity contribution is -0.192. The van der Waals surface area contributed by atoms with Gasteiger partial charge in [0.1, 0.15) is 6.54 Å². The number of ketones is 1. The Morgan fingerprint density at radius 1 is 0.980 bits per heavy atom. The molecule has 2 amide bonds. The molecule has 49 heavy (non-hydrogen) atoms. The minimum absolute atomic E-state index is 0.239. The molecule has 1 aromatic heterocycles. The maximum Gasteiger partial charge on any atom is 0.490 e. The summed E-state index contributed by atoms with van der Waals surface area (Å²) in [7, 11) is 0. The van der Waals surface area contributed by atoms with Crippen molar-refractivity contribution in [3.05, 3.63) is 70.7 Å². The number of para-hydroxylation sites is 2. The highest BCUT2D eigenvalue weighted by atomic mass is 32.2. The van der Waals surface area contributed by atoms with Crippen LogP contribution in [0.5, 0.6) is 0 Å². The third-order valence-electron chi connectivity index (χ3n) is 7.39. The number of carboxylic acid groups (broad SMARTS) is 1. The zero-order chi connectivity index (χ0) is 36.2. The summed E-state index contributed by atoms with van der Waals surface area (Å²) in [5, 5.41) is 12.6. The van der Waals surface area contributed by atoms with E-state index >= 15 is 0 Å². The number of amides is 2. The zero-order valence-corrected chi connectivity index (χ0v) is 26.7. The molecule has 3 N–H and O–H groups in total. The summed E-state index contributed by atoms with van der Waals surface area (Å²) in [5.41, 5.74) is 2.03. The summed E-state index contributed by atoms with van der Waals surface area (Å²) in [6, 6.07) is 16.1. The van der Waals surface area contributed by atoms with Crippen molar-refractivity contribution in [3.63, 3.8) is 0 Å². The van der Waals surface area contributed by atoms with E-state index in [0.29, 0.717) is 36.5 Å². The number of likely N-dealkylation sites (tertiary alicyclic amines) is 1. The molecule has 3 aromatic rings. The predicted octanol–water partition coefficient (Wildman–Crippen LogP) is 3.96. The second-order valence-corrected chi connectivity index (χ2v) is 12.1. The van der Waals surface area contributed by atoms with Gasteiger partial charge in [-0.25, -0.2) is 9.59 Å². The first-order chi connectivity index (χ1) is 23.1. The van der Waals surface area contributed by atoms with Crippen LogP contribution in [0.25, 0.3) is 11.1 Å². The van der Waals surface area contributed by atoms with Gasteiger partial charge in [-0.15, -0.1) is 0 Å². The SMILES string of the molecule is O=C(Cn1c(=O)oc2ccccc21)NC(=O)[C@H](CCCSCC(=O)C(F)(F)F)NCCN1CCC(c2ccccc2)C1.O=C(O)C(F)(F)F. The molecule has 0 aliphatic carbocycles. The van der Waals surface area contributed by atoms with E-state index in [2.05, 4.69) is 27.7 Å². The van der Waals surface area contributed by atoms with Gasteiger partial charge < -0.3 is 19.7 Å². The maximum absolute atomic E-state index is 13.1. The fourth-order valence-electron chi connectivity index (χ4n) is 4.96. The summed E-state index contributed by atoms with van der Waals surface area (Å²) >= 11 is 0.851. The topological polar surface area (TPSA) is 151 Å². The van der Waals surface area contributed by atoms with E-state index in [0.717, 1.165) is 35.8 Å². The van der Waals surface area contributed by atoms with Crippen LogP contribution in [0.15, 0.2) is 63.8 Å². The summed E-state index contributed by atoms with van der Waals surface area (Å²) in [5.74, 6) is -6.59. The molecule has 1 unspecified atom stereocenters. The molecule has 0 spiro atoms. The van der Waals surface area contributed by atoms with E-state index in [9.17, 15) is 45.5 Å². The smallest absolute Gasteiger partial charge is 0.475 e. The van der Waals surface area contributed by atoms with Gasteiger partial charge in [-0.3, -0.25) is 24.3 Å². The summed E-state index contributed by atoms with van der Waals surface area (Å²) in [6.45, 7) is 2.51. The molecule has 0 bridgehead atoms. The Morgan fingerprint density at radius 3 is 2.29 bits per heavy atom. The van der Waals surface area contributed by atoms with Gasteiger partial charge in [-0.05, 0) is 55.2 Å². The van der Waals surface area contributed by atoms with E-state index in [1.807, 2.05) is 18.2 Å². The van der Waals surface area contributed by atoms with Gasteiger partial charge in [-0.1, -0.05) is 42.5 Å². The number of aliphatic carboxylic acids is 1. The third-order valence-corrected chi connectivity index (χ3v) is 8.43. The first-order valence-electron chi connectivity index (χ1n) is 15.0. The van der Waals surface area contributed by atoms with Crippen molar-refractivity contribution in [2.24, 2.45) is 0 Å². The number of carbonyl (C=O) groups is 4. The molecule has 268 valence electrons. The average Bonchev–Trinajstić information content (AvgIpc) is 3.63. The van der Waals surface area contributed by atoms with E-state index < -0.39 is 60.0 Å². The molecular weight excluding hydrogens is 686 g/mol. The summed E-state index contributed by atoms with van der Waals surface area (Å²) in [4.78, 5) is 60.3. The molecule has 1 aliphatic heterocycles. The molecular formula is C31H34F6N4O7S. The second kappa shape index (κ2) is 18.0. The molecule has 2 aromatic carbocycles. The Bertz CT molecular complexity index is 1630. The molecule has 2 heterocycles. The van der Waals surface area contributed by atoms with Crippen molar-refractivity contribution >= 4 is 46.4 Å². The van der Waals surface area contributed by atoms with Crippen LogP contribution in [-0.4, -0.2) is 94.2 Å². The normalized spacial score (nSPS) is 15.8. The number of thioether (sulfide) groups is 1. The molecule has 1 saturated heterocycles. The van der Waals surface area contributed by atoms with Crippen molar-refractivity contribution < 1.29 is 55.0 Å². The highest BCUT2D eigenvalue weighted by molar-refractivity contribution is 7.99. The Hall–Kier alpha value is -4.16. The van der Waals surface area contributed by atoms with E-state index in [4.69, 9.17) is 14.3 Å². The van der Waals surface area contributed by atoms with Crippen molar-refractivity contribution in [1.29, 1.82) is 0 Å². The zero-order valence-electron chi connectivity index (χ0n) is 25.9. The molecule has 18 heteroatoms. The Kier molecular flexibility index (Phi) is 14.4. The number of halogens is 6. The number of oxazole rings is 1. The van der Waals surface area contributed by atoms with Crippen molar-refractivity contribution in [1.82, 2.24) is 20.1 Å². The molecule has 1 fully saturated rings. The number of Topliss-reactive ketones (excluding diaryl/α,β-unsaturated/α-hetero) is 1. The van der Waals surface area contributed by atoms with E-state index in [1.165, 1.54) is 5.56 Å². The van der Waals surface area contributed by atoms with Crippen molar-refractivity contribution in [2.45, 2.75) is 50.1 Å². The van der Waals surface area contributed by atoms with Gasteiger partial charge in [0, 0.05) is 19.6 Å². The Balaban J connectivity index is 0.000000838. The Labute approximate surface area is 280 Å². The molecule has 0 radical (unpaired) electrons. The molecule has 1 aliphatic rings. The van der Waals surface area contributed by atoms with Crippen LogP contribution in [-0.2, 0) is 25.7 Å². The van der Waals surface area contributed by atoms with Gasteiger partial charge in [0.05, 0.1) is 17.3 Å². The highest BCUT2D eigenvalue weighted by Gasteiger charge is 2.38. The number of fused-ring (bicyclic) bond motifs is 1. The van der Waals surface area contributed by atoms with Crippen LogP contribution < -0.4 is 16.4 Å².